The van der Waals surface area contributed by atoms with E-state index >= 15 is 0 Å². The molecule has 2 N–H and O–H groups in total. The molecule has 5 nitrogen and oxygen atoms in total. The molecular weight excluding hydrogens is 325 g/mol. The fourth-order valence-corrected chi connectivity index (χ4v) is 2.66. The lowest BCUT2D eigenvalue weighted by Gasteiger charge is -2.35. The van der Waals surface area contributed by atoms with Crippen LogP contribution in [0.25, 0.3) is 0 Å². The summed E-state index contributed by atoms with van der Waals surface area (Å²) >= 11 is 0. The van der Waals surface area contributed by atoms with Crippen molar-refractivity contribution >= 4 is 30.7 Å². The Morgan fingerprint density at radius 2 is 2.09 bits per heavy atom. The van der Waals surface area contributed by atoms with Crippen molar-refractivity contribution < 1.29 is 9.53 Å². The molecule has 22 heavy (non-hydrogen) atoms. The zero-order valence-corrected chi connectivity index (χ0v) is 14.5. The number of hydrogen-bond acceptors (Lipinski definition) is 4. The van der Waals surface area contributed by atoms with Crippen LogP contribution in [-0.4, -0.2) is 44.2 Å². The van der Waals surface area contributed by atoms with E-state index in [2.05, 4.69) is 15.6 Å². The van der Waals surface area contributed by atoms with Gasteiger partial charge in [0.25, 0.3) is 0 Å². The first-order valence-electron chi connectivity index (χ1n) is 7.15. The predicted octanol–water partition coefficient (Wildman–Crippen LogP) is 1.60. The molecule has 2 heterocycles. The molecule has 0 radical (unpaired) electrons. The molecule has 1 aliphatic heterocycles. The van der Waals surface area contributed by atoms with Gasteiger partial charge in [-0.3, -0.25) is 9.78 Å². The topological polar surface area (TPSA) is 63.2 Å². The molecule has 126 valence electrons. The summed E-state index contributed by atoms with van der Waals surface area (Å²) in [5.41, 5.74) is 0.628. The van der Waals surface area contributed by atoms with Crippen molar-refractivity contribution in [2.24, 2.45) is 5.41 Å². The van der Waals surface area contributed by atoms with Gasteiger partial charge in [0.2, 0.25) is 5.91 Å². The molecule has 1 aromatic heterocycles. The summed E-state index contributed by atoms with van der Waals surface area (Å²) in [7, 11) is 1.66. The third-order valence-corrected chi connectivity index (χ3v) is 3.86. The Labute approximate surface area is 144 Å². The number of carbonyl (C=O) groups excluding carboxylic acids is 1. The number of rotatable bonds is 6. The van der Waals surface area contributed by atoms with E-state index in [1.165, 1.54) is 0 Å². The van der Waals surface area contributed by atoms with Gasteiger partial charge in [0.1, 0.15) is 0 Å². The van der Waals surface area contributed by atoms with Crippen molar-refractivity contribution in [3.8, 4) is 0 Å². The second kappa shape index (κ2) is 10.8. The molecule has 1 aliphatic rings. The number of halogens is 2. The molecule has 0 atom stereocenters. The number of aromatic nitrogens is 1. The number of nitrogens with one attached hydrogen (secondary N) is 2. The van der Waals surface area contributed by atoms with Crippen LogP contribution in [0, 0.1) is 5.41 Å². The van der Waals surface area contributed by atoms with E-state index in [0.717, 1.165) is 38.0 Å². The van der Waals surface area contributed by atoms with Crippen molar-refractivity contribution in [3.63, 3.8) is 0 Å². The van der Waals surface area contributed by atoms with Gasteiger partial charge in [-0.25, -0.2) is 0 Å². The highest BCUT2D eigenvalue weighted by molar-refractivity contribution is 5.85. The average molecular weight is 350 g/mol. The summed E-state index contributed by atoms with van der Waals surface area (Å²) in [5, 5.41) is 6.33. The summed E-state index contributed by atoms with van der Waals surface area (Å²) in [6.45, 7) is 2.85. The maximum atomic E-state index is 12.5. The van der Waals surface area contributed by atoms with Crippen LogP contribution in [0.2, 0.25) is 0 Å². The smallest absolute Gasteiger partial charge is 0.228 e. The molecule has 1 amide bonds. The van der Waals surface area contributed by atoms with Crippen molar-refractivity contribution in [1.29, 1.82) is 0 Å². The minimum atomic E-state index is -0.371. The highest BCUT2D eigenvalue weighted by Crippen LogP contribution is 2.29. The quantitative estimate of drug-likeness (QED) is 0.818. The van der Waals surface area contributed by atoms with Crippen LogP contribution in [-0.2, 0) is 16.0 Å². The normalized spacial score (nSPS) is 16.0. The molecule has 0 aromatic carbocycles. The predicted molar refractivity (Wildman–Crippen MR) is 91.9 cm³/mol. The van der Waals surface area contributed by atoms with Crippen molar-refractivity contribution in [1.82, 2.24) is 15.6 Å². The maximum Gasteiger partial charge on any atom is 0.228 e. The monoisotopic (exact) mass is 349 g/mol. The van der Waals surface area contributed by atoms with Crippen LogP contribution in [0.1, 0.15) is 18.5 Å². The van der Waals surface area contributed by atoms with E-state index in [-0.39, 0.29) is 36.1 Å². The summed E-state index contributed by atoms with van der Waals surface area (Å²) in [6, 6.07) is 5.83. The third kappa shape index (κ3) is 5.72. The van der Waals surface area contributed by atoms with E-state index in [4.69, 9.17) is 4.74 Å². The van der Waals surface area contributed by atoms with E-state index < -0.39 is 0 Å². The summed E-state index contributed by atoms with van der Waals surface area (Å²) in [5.74, 6) is 0.108. The number of piperidine rings is 1. The minimum Gasteiger partial charge on any atom is -0.384 e. The Morgan fingerprint density at radius 1 is 1.36 bits per heavy atom. The lowest BCUT2D eigenvalue weighted by atomic mass is 9.78. The van der Waals surface area contributed by atoms with Crippen LogP contribution in [0.3, 0.4) is 0 Å². The fourth-order valence-electron chi connectivity index (χ4n) is 2.66. The highest BCUT2D eigenvalue weighted by atomic mass is 35.5. The Hall–Kier alpha value is -0.880. The summed E-state index contributed by atoms with van der Waals surface area (Å²) in [6.07, 6.45) is 4.19. The first kappa shape index (κ1) is 21.1. The van der Waals surface area contributed by atoms with E-state index in [1.807, 2.05) is 18.2 Å². The molecule has 2 rings (SSSR count). The van der Waals surface area contributed by atoms with Gasteiger partial charge in [0.05, 0.1) is 12.0 Å². The van der Waals surface area contributed by atoms with E-state index in [1.54, 1.807) is 13.3 Å². The largest absolute Gasteiger partial charge is 0.384 e. The summed E-state index contributed by atoms with van der Waals surface area (Å²) in [4.78, 5) is 16.7. The molecule has 0 unspecified atom stereocenters. The molecule has 0 spiro atoms. The van der Waals surface area contributed by atoms with Crippen molar-refractivity contribution in [2.45, 2.75) is 19.3 Å². The molecule has 1 saturated heterocycles. The first-order valence-corrected chi connectivity index (χ1v) is 7.15. The van der Waals surface area contributed by atoms with E-state index in [9.17, 15) is 4.79 Å². The van der Waals surface area contributed by atoms with Crippen molar-refractivity contribution in [3.05, 3.63) is 30.1 Å². The fraction of sp³-hybridized carbons (Fsp3) is 0.600. The molecule has 0 bridgehead atoms. The molecule has 1 aromatic rings. The number of pyridine rings is 1. The van der Waals surface area contributed by atoms with E-state index in [0.29, 0.717) is 13.2 Å². The number of methoxy groups -OCH3 is 1. The third-order valence-electron chi connectivity index (χ3n) is 3.86. The van der Waals surface area contributed by atoms with Gasteiger partial charge in [0, 0.05) is 32.0 Å². The second-order valence-corrected chi connectivity index (χ2v) is 5.29. The number of carbonyl (C=O) groups is 1. The minimum absolute atomic E-state index is 0. The lowest BCUT2D eigenvalue weighted by molar-refractivity contribution is -0.136. The van der Waals surface area contributed by atoms with Crippen molar-refractivity contribution in [2.75, 3.05) is 33.4 Å². The Bertz CT molecular complexity index is 421. The zero-order valence-electron chi connectivity index (χ0n) is 12.8. The summed E-state index contributed by atoms with van der Waals surface area (Å²) < 4.78 is 5.27. The van der Waals surface area contributed by atoms with Crippen LogP contribution in [0.5, 0.6) is 0 Å². The van der Waals surface area contributed by atoms with Crippen LogP contribution >= 0.6 is 24.8 Å². The Balaban J connectivity index is 0.00000220. The number of amides is 1. The lowest BCUT2D eigenvalue weighted by Crippen LogP contribution is -2.50. The van der Waals surface area contributed by atoms with Gasteiger partial charge in [-0.1, -0.05) is 6.07 Å². The maximum absolute atomic E-state index is 12.5. The molecule has 1 fully saturated rings. The van der Waals surface area contributed by atoms with Gasteiger partial charge in [-0.2, -0.15) is 0 Å². The molecule has 7 heteroatoms. The van der Waals surface area contributed by atoms with Gasteiger partial charge in [-0.15, -0.1) is 24.8 Å². The highest BCUT2D eigenvalue weighted by Gasteiger charge is 2.39. The van der Waals surface area contributed by atoms with Gasteiger partial charge < -0.3 is 15.4 Å². The van der Waals surface area contributed by atoms with Crippen LogP contribution in [0.15, 0.2) is 24.4 Å². The number of ether oxygens (including phenoxy) is 1. The molecular formula is C15H25Cl2N3O2. The molecule has 0 aliphatic carbocycles. The van der Waals surface area contributed by atoms with Gasteiger partial charge >= 0.3 is 0 Å². The van der Waals surface area contributed by atoms with Crippen LogP contribution in [0.4, 0.5) is 0 Å². The SMILES string of the molecule is COCC1(C(=O)NCCc2ccccn2)CCNCC1.Cl.Cl. The number of hydrogen-bond donors (Lipinski definition) is 2. The standard InChI is InChI=1S/C15H23N3O2.2ClH/c1-20-12-15(6-10-16-11-7-15)14(19)18-9-5-13-4-2-3-8-17-13;;/h2-4,8,16H,5-7,9-12H2,1H3,(H,18,19);2*1H. The molecule has 0 saturated carbocycles. The second-order valence-electron chi connectivity index (χ2n) is 5.29. The zero-order chi connectivity index (χ0) is 14.3. The Kier molecular flexibility index (Phi) is 10.3. The Morgan fingerprint density at radius 3 is 2.68 bits per heavy atom. The van der Waals surface area contributed by atoms with Gasteiger partial charge in [-0.05, 0) is 38.1 Å². The number of nitrogens with zero attached hydrogens (tertiary/aromatic N) is 1. The van der Waals surface area contributed by atoms with Gasteiger partial charge in [0.15, 0.2) is 0 Å². The van der Waals surface area contributed by atoms with Crippen LogP contribution < -0.4 is 10.6 Å². The first-order chi connectivity index (χ1) is 9.77. The average Bonchev–Trinajstić information content (AvgIpc) is 2.49.